The number of nitrogens with zero attached hydrogens (tertiary/aromatic N) is 3. The number of hydrogen-bond donors (Lipinski definition) is 1. The van der Waals surface area contributed by atoms with Gasteiger partial charge in [0.1, 0.15) is 11.4 Å². The summed E-state index contributed by atoms with van der Waals surface area (Å²) in [4.78, 5) is 42.2. The maximum atomic E-state index is 13.8. The number of pyridine rings is 1. The van der Waals surface area contributed by atoms with Gasteiger partial charge in [-0.2, -0.15) is 4.57 Å². The van der Waals surface area contributed by atoms with Crippen molar-refractivity contribution in [2.75, 3.05) is 4.90 Å². The Morgan fingerprint density at radius 2 is 1.49 bits per heavy atom. The molecule has 0 spiro atoms. The van der Waals surface area contributed by atoms with Gasteiger partial charge in [0.15, 0.2) is 12.4 Å². The van der Waals surface area contributed by atoms with Gasteiger partial charge in [-0.05, 0) is 42.8 Å². The fourth-order valence-electron chi connectivity index (χ4n) is 4.29. The Bertz CT molecular complexity index is 1500. The number of aryl methyl sites for hydroxylation is 1. The van der Waals surface area contributed by atoms with Crippen molar-refractivity contribution >= 4 is 28.8 Å². The molecule has 2 aromatic carbocycles. The molecule has 0 fully saturated rings. The molecule has 7 nitrogen and oxygen atoms in total. The number of rotatable bonds is 6. The highest BCUT2D eigenvalue weighted by molar-refractivity contribution is 6.53. The number of nitrogens with one attached hydrogen (secondary N) is 1. The first kappa shape index (κ1) is 22.2. The number of anilines is 1. The summed E-state index contributed by atoms with van der Waals surface area (Å²) in [5.74, 6) is -1.72. The number of benzene rings is 2. The van der Waals surface area contributed by atoms with Crippen molar-refractivity contribution in [3.63, 3.8) is 0 Å². The van der Waals surface area contributed by atoms with E-state index in [9.17, 15) is 18.8 Å². The molecule has 3 heterocycles. The van der Waals surface area contributed by atoms with Gasteiger partial charge in [-0.15, -0.1) is 0 Å². The Hall–Kier alpha value is -4.59. The van der Waals surface area contributed by atoms with Crippen LogP contribution in [0.4, 0.5) is 10.1 Å². The Balaban J connectivity index is 1.77. The van der Waals surface area contributed by atoms with Gasteiger partial charge < -0.3 is 0 Å². The molecule has 5 rings (SSSR count). The molecule has 2 aromatic heterocycles. The second-order valence-electron chi connectivity index (χ2n) is 8.12. The van der Waals surface area contributed by atoms with Crippen LogP contribution in [0.25, 0.3) is 17.0 Å². The fourth-order valence-corrected chi connectivity index (χ4v) is 4.29. The van der Waals surface area contributed by atoms with Crippen molar-refractivity contribution in [2.24, 2.45) is 0 Å². The molecule has 35 heavy (non-hydrogen) atoms. The largest absolute Gasteiger partial charge is 0.331 e. The van der Waals surface area contributed by atoms with Crippen LogP contribution in [-0.4, -0.2) is 21.6 Å². The highest BCUT2D eigenvalue weighted by Crippen LogP contribution is 2.33. The van der Waals surface area contributed by atoms with Gasteiger partial charge in [-0.1, -0.05) is 37.6 Å². The van der Waals surface area contributed by atoms with Crippen LogP contribution in [0.15, 0.2) is 90.0 Å². The number of H-pyrrole nitrogens is 1. The van der Waals surface area contributed by atoms with Crippen molar-refractivity contribution in [1.29, 1.82) is 0 Å². The first-order valence-electron chi connectivity index (χ1n) is 11.3. The summed E-state index contributed by atoms with van der Waals surface area (Å²) < 4.78 is 16.5. The smallest absolute Gasteiger partial charge is 0.294 e. The summed E-state index contributed by atoms with van der Waals surface area (Å²) in [6.45, 7) is 1.97. The van der Waals surface area contributed by atoms with Crippen LogP contribution < -0.4 is 15.0 Å². The summed E-state index contributed by atoms with van der Waals surface area (Å²) in [6, 6.07) is 19.4. The zero-order valence-corrected chi connectivity index (χ0v) is 18.9. The van der Waals surface area contributed by atoms with Gasteiger partial charge in [0.05, 0.1) is 16.9 Å². The van der Waals surface area contributed by atoms with E-state index in [0.29, 0.717) is 24.2 Å². The molecule has 8 heteroatoms. The second kappa shape index (κ2) is 8.98. The van der Waals surface area contributed by atoms with E-state index >= 15 is 0 Å². The lowest BCUT2D eigenvalue weighted by molar-refractivity contribution is -0.576. The minimum absolute atomic E-state index is 0.00917. The zero-order chi connectivity index (χ0) is 24.5. The van der Waals surface area contributed by atoms with Crippen LogP contribution in [0.5, 0.6) is 0 Å². The maximum absolute atomic E-state index is 13.8. The first-order valence-corrected chi connectivity index (χ1v) is 11.3. The van der Waals surface area contributed by atoms with E-state index in [0.717, 1.165) is 4.90 Å². The van der Waals surface area contributed by atoms with E-state index < -0.39 is 23.2 Å². The number of para-hydroxylation sites is 1. The third kappa shape index (κ3) is 3.78. The SMILES string of the molecule is CCCc1[nH]n(-c2ccccc2)c(=O)c1C1=C([n+]2ccccc2)C(=O)N(c2ccc(F)cc2)C1=O. The lowest BCUT2D eigenvalue weighted by Gasteiger charge is -2.13. The molecule has 0 saturated heterocycles. The van der Waals surface area contributed by atoms with Gasteiger partial charge in [0.2, 0.25) is 0 Å². The predicted octanol–water partition coefficient (Wildman–Crippen LogP) is 3.49. The number of imide groups is 1. The van der Waals surface area contributed by atoms with Crippen LogP contribution in [0, 0.1) is 5.82 Å². The number of aromatic amines is 1. The lowest BCUT2D eigenvalue weighted by atomic mass is 10.0. The number of carbonyl (C=O) groups is 2. The Labute approximate surface area is 200 Å². The number of amides is 2. The Morgan fingerprint density at radius 1 is 0.829 bits per heavy atom. The molecule has 4 aromatic rings. The molecule has 1 aliphatic rings. The van der Waals surface area contributed by atoms with Gasteiger partial charge in [-0.3, -0.25) is 19.5 Å². The van der Waals surface area contributed by atoms with E-state index in [4.69, 9.17) is 0 Å². The molecular weight excluding hydrogens is 447 g/mol. The third-order valence-electron chi connectivity index (χ3n) is 5.85. The molecule has 0 unspecified atom stereocenters. The van der Waals surface area contributed by atoms with E-state index in [-0.39, 0.29) is 22.5 Å². The standard InChI is InChI=1S/C27H21FN4O3/c1-2-9-21-22(26(34)32(29-21)20-10-5-3-6-11-20)23-24(30-16-7-4-8-17-30)27(35)31(25(23)33)19-14-12-18(28)13-15-19/h3-8,10-17H,2,9H2,1H3/p+1. The molecule has 1 N–H and O–H groups in total. The van der Waals surface area contributed by atoms with Crippen LogP contribution in [0.2, 0.25) is 0 Å². The molecular formula is C27H22FN4O3+. The summed E-state index contributed by atoms with van der Waals surface area (Å²) in [5.41, 5.74) is 1.20. The summed E-state index contributed by atoms with van der Waals surface area (Å²) in [5, 5.41) is 3.14. The number of halogens is 1. The average Bonchev–Trinajstić information content (AvgIpc) is 3.33. The molecule has 2 amide bonds. The molecule has 1 aliphatic heterocycles. The average molecular weight is 469 g/mol. The predicted molar refractivity (Wildman–Crippen MR) is 129 cm³/mol. The Kier molecular flexibility index (Phi) is 5.70. The van der Waals surface area contributed by atoms with Gasteiger partial charge in [0, 0.05) is 17.8 Å². The van der Waals surface area contributed by atoms with Crippen LogP contribution in [0.1, 0.15) is 24.6 Å². The number of hydrogen-bond acceptors (Lipinski definition) is 3. The molecule has 174 valence electrons. The van der Waals surface area contributed by atoms with Crippen LogP contribution in [0.3, 0.4) is 0 Å². The van der Waals surface area contributed by atoms with Crippen molar-refractivity contribution in [3.8, 4) is 5.69 Å². The minimum atomic E-state index is -0.637. The quantitative estimate of drug-likeness (QED) is 0.347. The minimum Gasteiger partial charge on any atom is -0.294 e. The third-order valence-corrected chi connectivity index (χ3v) is 5.85. The lowest BCUT2D eigenvalue weighted by Crippen LogP contribution is -2.39. The van der Waals surface area contributed by atoms with Crippen molar-refractivity contribution in [3.05, 3.63) is 113 Å². The number of aromatic nitrogens is 3. The normalized spacial score (nSPS) is 13.7. The van der Waals surface area contributed by atoms with Gasteiger partial charge in [-0.25, -0.2) is 14.0 Å². The monoisotopic (exact) mass is 469 g/mol. The first-order chi connectivity index (χ1) is 17.0. The topological polar surface area (TPSA) is 79.1 Å². The second-order valence-corrected chi connectivity index (χ2v) is 8.12. The number of carbonyl (C=O) groups excluding carboxylic acids is 2. The van der Waals surface area contributed by atoms with E-state index in [1.807, 2.05) is 25.1 Å². The molecule has 0 atom stereocenters. The summed E-state index contributed by atoms with van der Waals surface area (Å²) in [6.07, 6.45) is 4.51. The van der Waals surface area contributed by atoms with Crippen LogP contribution in [-0.2, 0) is 16.0 Å². The van der Waals surface area contributed by atoms with E-state index in [1.165, 1.54) is 33.5 Å². The van der Waals surface area contributed by atoms with E-state index in [2.05, 4.69) is 5.10 Å². The maximum Gasteiger partial charge on any atom is 0.331 e. The van der Waals surface area contributed by atoms with Gasteiger partial charge in [0.25, 0.3) is 17.2 Å². The zero-order valence-electron chi connectivity index (χ0n) is 18.9. The van der Waals surface area contributed by atoms with Crippen molar-refractivity contribution < 1.29 is 18.5 Å². The summed E-state index contributed by atoms with van der Waals surface area (Å²) in [7, 11) is 0. The molecule has 0 saturated carbocycles. The molecule has 0 aliphatic carbocycles. The van der Waals surface area contributed by atoms with Gasteiger partial charge >= 0.3 is 5.91 Å². The van der Waals surface area contributed by atoms with Crippen molar-refractivity contribution in [1.82, 2.24) is 9.78 Å². The van der Waals surface area contributed by atoms with Crippen molar-refractivity contribution in [2.45, 2.75) is 19.8 Å². The molecule has 0 radical (unpaired) electrons. The highest BCUT2D eigenvalue weighted by Gasteiger charge is 2.48. The fraction of sp³-hybridized carbons (Fsp3) is 0.111. The molecule has 0 bridgehead atoms. The highest BCUT2D eigenvalue weighted by atomic mass is 19.1. The Morgan fingerprint density at radius 3 is 2.14 bits per heavy atom. The summed E-state index contributed by atoms with van der Waals surface area (Å²) >= 11 is 0. The van der Waals surface area contributed by atoms with E-state index in [1.54, 1.807) is 42.7 Å². The van der Waals surface area contributed by atoms with Crippen LogP contribution >= 0.6 is 0 Å².